The van der Waals surface area contributed by atoms with Crippen LogP contribution in [0.3, 0.4) is 0 Å². The molecule has 0 unspecified atom stereocenters. The Hall–Kier alpha value is -2.71. The first-order chi connectivity index (χ1) is 15.5. The quantitative estimate of drug-likeness (QED) is 0.727. The van der Waals surface area contributed by atoms with Gasteiger partial charge in [0.15, 0.2) is 11.5 Å². The maximum absolute atomic E-state index is 13.1. The van der Waals surface area contributed by atoms with Gasteiger partial charge in [0.05, 0.1) is 0 Å². The van der Waals surface area contributed by atoms with Gasteiger partial charge in [0.25, 0.3) is 5.91 Å². The normalized spacial score (nSPS) is 21.7. The lowest BCUT2D eigenvalue weighted by atomic mass is 10.0. The molecule has 1 aromatic carbocycles. The van der Waals surface area contributed by atoms with Gasteiger partial charge in [-0.05, 0) is 50.5 Å². The molecule has 8 nitrogen and oxygen atoms in total. The zero-order valence-electron chi connectivity index (χ0n) is 18.9. The summed E-state index contributed by atoms with van der Waals surface area (Å²) in [5.74, 6) is 2.37. The molecule has 2 fully saturated rings. The number of piperazine rings is 1. The lowest BCUT2D eigenvalue weighted by Crippen LogP contribution is -2.55. The first-order valence-corrected chi connectivity index (χ1v) is 11.5. The second-order valence-corrected chi connectivity index (χ2v) is 8.99. The first-order valence-electron chi connectivity index (χ1n) is 11.5. The zero-order valence-corrected chi connectivity index (χ0v) is 18.9. The Labute approximate surface area is 189 Å². The van der Waals surface area contributed by atoms with E-state index in [9.17, 15) is 4.79 Å². The van der Waals surface area contributed by atoms with Crippen LogP contribution < -0.4 is 9.47 Å². The van der Waals surface area contributed by atoms with Crippen LogP contribution in [-0.4, -0.2) is 82.7 Å². The molecule has 1 amide bonds. The number of fused-ring (bicyclic) bond motifs is 1. The van der Waals surface area contributed by atoms with Gasteiger partial charge in [-0.2, -0.15) is 0 Å². The Morgan fingerprint density at radius 2 is 1.84 bits per heavy atom. The van der Waals surface area contributed by atoms with Gasteiger partial charge in [-0.25, -0.2) is 9.97 Å². The predicted octanol–water partition coefficient (Wildman–Crippen LogP) is 2.24. The van der Waals surface area contributed by atoms with Crippen molar-refractivity contribution in [3.8, 4) is 11.5 Å². The number of hydrogen-bond donors (Lipinski definition) is 0. The molecule has 2 saturated heterocycles. The van der Waals surface area contributed by atoms with E-state index in [-0.39, 0.29) is 5.91 Å². The minimum atomic E-state index is 0.0322. The van der Waals surface area contributed by atoms with E-state index in [0.717, 1.165) is 75.8 Å². The maximum Gasteiger partial charge on any atom is 0.272 e. The Morgan fingerprint density at radius 1 is 1.03 bits per heavy atom. The number of likely N-dealkylation sites (tertiary alicyclic amines) is 1. The van der Waals surface area contributed by atoms with Crippen LogP contribution in [0.2, 0.25) is 0 Å². The van der Waals surface area contributed by atoms with Crippen LogP contribution in [0, 0.1) is 13.8 Å². The number of carbonyl (C=O) groups excluding carboxylic acids is 1. The molecular formula is C24H31N5O3. The molecule has 2 aromatic rings. The molecule has 32 heavy (non-hydrogen) atoms. The zero-order chi connectivity index (χ0) is 22.1. The second kappa shape index (κ2) is 9.03. The molecule has 0 radical (unpaired) electrons. The minimum absolute atomic E-state index is 0.0322. The number of carbonyl (C=O) groups is 1. The fourth-order valence-corrected chi connectivity index (χ4v) is 5.01. The number of aryl methyl sites for hydroxylation is 2. The van der Waals surface area contributed by atoms with Crippen molar-refractivity contribution in [3.63, 3.8) is 0 Å². The molecule has 0 N–H and O–H groups in total. The van der Waals surface area contributed by atoms with Crippen LogP contribution in [0.5, 0.6) is 11.5 Å². The Kier molecular flexibility index (Phi) is 5.97. The average molecular weight is 438 g/mol. The number of benzene rings is 1. The second-order valence-electron chi connectivity index (χ2n) is 8.99. The molecule has 3 aliphatic heterocycles. The Morgan fingerprint density at radius 3 is 2.66 bits per heavy atom. The minimum Gasteiger partial charge on any atom is -0.454 e. The van der Waals surface area contributed by atoms with E-state index < -0.39 is 0 Å². The fourth-order valence-electron chi connectivity index (χ4n) is 5.01. The van der Waals surface area contributed by atoms with E-state index in [4.69, 9.17) is 9.47 Å². The summed E-state index contributed by atoms with van der Waals surface area (Å²) in [6, 6.07) is 8.44. The van der Waals surface area contributed by atoms with Gasteiger partial charge < -0.3 is 14.4 Å². The summed E-state index contributed by atoms with van der Waals surface area (Å²) in [6.45, 7) is 10.7. The van der Waals surface area contributed by atoms with Crippen molar-refractivity contribution in [3.05, 3.63) is 47.0 Å². The van der Waals surface area contributed by atoms with E-state index in [2.05, 4.69) is 31.9 Å². The van der Waals surface area contributed by atoms with Crippen LogP contribution in [0.1, 0.15) is 40.4 Å². The van der Waals surface area contributed by atoms with E-state index >= 15 is 0 Å². The van der Waals surface area contributed by atoms with E-state index in [1.54, 1.807) is 6.07 Å². The van der Waals surface area contributed by atoms with Crippen LogP contribution in [0.15, 0.2) is 24.3 Å². The molecular weight excluding hydrogens is 406 g/mol. The molecule has 1 atom stereocenters. The van der Waals surface area contributed by atoms with Crippen molar-refractivity contribution < 1.29 is 14.3 Å². The van der Waals surface area contributed by atoms with Crippen molar-refractivity contribution in [1.82, 2.24) is 24.7 Å². The maximum atomic E-state index is 13.1. The smallest absolute Gasteiger partial charge is 0.272 e. The largest absolute Gasteiger partial charge is 0.454 e. The standard InChI is InChI=1S/C24H31N5O3/c1-17-12-21(26-18(2)25-17)24(30)29-7-3-4-20(15-29)28-10-8-27(9-11-28)14-19-5-6-22-23(13-19)32-16-31-22/h5-6,12-13,20H,3-4,7-11,14-16H2,1-2H3/t20-/m0/s1. The topological polar surface area (TPSA) is 71.0 Å². The van der Waals surface area contributed by atoms with Gasteiger partial charge >= 0.3 is 0 Å². The highest BCUT2D eigenvalue weighted by atomic mass is 16.7. The predicted molar refractivity (Wildman–Crippen MR) is 120 cm³/mol. The lowest BCUT2D eigenvalue weighted by Gasteiger charge is -2.43. The van der Waals surface area contributed by atoms with Gasteiger partial charge in [0, 0.05) is 57.5 Å². The molecule has 0 saturated carbocycles. The fraction of sp³-hybridized carbons (Fsp3) is 0.542. The summed E-state index contributed by atoms with van der Waals surface area (Å²) in [4.78, 5) is 28.8. The number of ether oxygens (including phenoxy) is 2. The van der Waals surface area contributed by atoms with E-state index in [1.165, 1.54) is 5.56 Å². The third kappa shape index (κ3) is 4.56. The van der Waals surface area contributed by atoms with Crippen LogP contribution in [0.4, 0.5) is 0 Å². The molecule has 170 valence electrons. The summed E-state index contributed by atoms with van der Waals surface area (Å²) in [6.07, 6.45) is 2.19. The van der Waals surface area contributed by atoms with Crippen LogP contribution in [-0.2, 0) is 6.54 Å². The monoisotopic (exact) mass is 437 g/mol. The number of piperidine rings is 1. The highest BCUT2D eigenvalue weighted by Gasteiger charge is 2.31. The highest BCUT2D eigenvalue weighted by Crippen LogP contribution is 2.33. The average Bonchev–Trinajstić information content (AvgIpc) is 3.26. The Bertz CT molecular complexity index is 969. The molecule has 4 heterocycles. The summed E-state index contributed by atoms with van der Waals surface area (Å²) in [7, 11) is 0. The molecule has 0 aliphatic carbocycles. The molecule has 5 rings (SSSR count). The summed E-state index contributed by atoms with van der Waals surface area (Å²) >= 11 is 0. The van der Waals surface area contributed by atoms with Crippen molar-refractivity contribution in [2.75, 3.05) is 46.1 Å². The molecule has 1 aromatic heterocycles. The SMILES string of the molecule is Cc1cc(C(=O)N2CCC[C@H](N3CCN(Cc4ccc5c(c4)OCO5)CC3)C2)nc(C)n1. The van der Waals surface area contributed by atoms with Gasteiger partial charge in [-0.1, -0.05) is 6.07 Å². The highest BCUT2D eigenvalue weighted by molar-refractivity contribution is 5.92. The summed E-state index contributed by atoms with van der Waals surface area (Å²) in [5, 5.41) is 0. The number of hydrogen-bond acceptors (Lipinski definition) is 7. The summed E-state index contributed by atoms with van der Waals surface area (Å²) in [5.41, 5.74) is 2.62. The number of nitrogens with zero attached hydrogens (tertiary/aromatic N) is 5. The summed E-state index contributed by atoms with van der Waals surface area (Å²) < 4.78 is 10.9. The van der Waals surface area contributed by atoms with E-state index in [0.29, 0.717) is 24.4 Å². The Balaban J connectivity index is 1.15. The third-order valence-electron chi connectivity index (χ3n) is 6.64. The third-order valence-corrected chi connectivity index (χ3v) is 6.64. The van der Waals surface area contributed by atoms with Gasteiger partial charge in [0.1, 0.15) is 11.5 Å². The molecule has 0 spiro atoms. The van der Waals surface area contributed by atoms with E-state index in [1.807, 2.05) is 24.8 Å². The molecule has 0 bridgehead atoms. The molecule has 3 aliphatic rings. The van der Waals surface area contributed by atoms with Gasteiger partial charge in [-0.15, -0.1) is 0 Å². The first kappa shape index (κ1) is 21.2. The molecule has 8 heteroatoms. The van der Waals surface area contributed by atoms with Gasteiger partial charge in [0.2, 0.25) is 6.79 Å². The lowest BCUT2D eigenvalue weighted by molar-refractivity contribution is 0.0404. The number of rotatable bonds is 4. The number of aromatic nitrogens is 2. The van der Waals surface area contributed by atoms with Crippen molar-refractivity contribution in [1.29, 1.82) is 0 Å². The number of amides is 1. The van der Waals surface area contributed by atoms with Crippen molar-refractivity contribution >= 4 is 5.91 Å². The van der Waals surface area contributed by atoms with Crippen molar-refractivity contribution in [2.45, 2.75) is 39.3 Å². The van der Waals surface area contributed by atoms with Crippen molar-refractivity contribution in [2.24, 2.45) is 0 Å². The van der Waals surface area contributed by atoms with Gasteiger partial charge in [-0.3, -0.25) is 14.6 Å². The van der Waals surface area contributed by atoms with Crippen LogP contribution in [0.25, 0.3) is 0 Å². The van der Waals surface area contributed by atoms with Crippen LogP contribution >= 0.6 is 0 Å².